The predicted molar refractivity (Wildman–Crippen MR) is 60.4 cm³/mol. The standard InChI is InChI=1S/C12H23NO2/c1-3-9(2)7-12(15)13-8-10-5-4-6-11(10)14/h9-11,14H,3-8H2,1-2H3,(H,13,15). The molecule has 3 atom stereocenters. The van der Waals surface area contributed by atoms with E-state index in [2.05, 4.69) is 19.2 Å². The quantitative estimate of drug-likeness (QED) is 0.730. The summed E-state index contributed by atoms with van der Waals surface area (Å²) in [5.74, 6) is 0.868. The van der Waals surface area contributed by atoms with E-state index in [1.165, 1.54) is 0 Å². The molecule has 3 nitrogen and oxygen atoms in total. The van der Waals surface area contributed by atoms with E-state index in [4.69, 9.17) is 0 Å². The van der Waals surface area contributed by atoms with Gasteiger partial charge in [-0.05, 0) is 18.8 Å². The van der Waals surface area contributed by atoms with Gasteiger partial charge in [0.25, 0.3) is 0 Å². The van der Waals surface area contributed by atoms with Crippen LogP contribution in [0.15, 0.2) is 0 Å². The topological polar surface area (TPSA) is 49.3 Å². The Morgan fingerprint density at radius 3 is 2.80 bits per heavy atom. The molecule has 0 spiro atoms. The molecule has 0 heterocycles. The van der Waals surface area contributed by atoms with Gasteiger partial charge >= 0.3 is 0 Å². The van der Waals surface area contributed by atoms with Crippen LogP contribution in [0.2, 0.25) is 0 Å². The van der Waals surface area contributed by atoms with Crippen LogP contribution in [0.5, 0.6) is 0 Å². The van der Waals surface area contributed by atoms with Crippen molar-refractivity contribution in [1.29, 1.82) is 0 Å². The maximum Gasteiger partial charge on any atom is 0.220 e. The number of amides is 1. The fourth-order valence-corrected chi connectivity index (χ4v) is 2.03. The molecular weight excluding hydrogens is 190 g/mol. The summed E-state index contributed by atoms with van der Waals surface area (Å²) in [7, 11) is 0. The van der Waals surface area contributed by atoms with Gasteiger partial charge in [0, 0.05) is 18.9 Å². The average Bonchev–Trinajstić information content (AvgIpc) is 2.61. The van der Waals surface area contributed by atoms with Crippen LogP contribution in [0, 0.1) is 11.8 Å². The number of rotatable bonds is 5. The van der Waals surface area contributed by atoms with Crippen molar-refractivity contribution < 1.29 is 9.90 Å². The van der Waals surface area contributed by atoms with Crippen molar-refractivity contribution in [2.24, 2.45) is 11.8 Å². The zero-order chi connectivity index (χ0) is 11.3. The molecule has 0 saturated heterocycles. The highest BCUT2D eigenvalue weighted by molar-refractivity contribution is 5.76. The van der Waals surface area contributed by atoms with Gasteiger partial charge in [-0.1, -0.05) is 26.7 Å². The molecule has 2 N–H and O–H groups in total. The van der Waals surface area contributed by atoms with Crippen LogP contribution in [0.4, 0.5) is 0 Å². The summed E-state index contributed by atoms with van der Waals surface area (Å²) in [6.07, 6.45) is 4.48. The number of hydrogen-bond donors (Lipinski definition) is 2. The molecule has 0 aromatic carbocycles. The lowest BCUT2D eigenvalue weighted by molar-refractivity contribution is -0.122. The highest BCUT2D eigenvalue weighted by Gasteiger charge is 2.25. The maximum absolute atomic E-state index is 11.5. The van der Waals surface area contributed by atoms with E-state index in [0.29, 0.717) is 18.9 Å². The molecule has 0 aliphatic heterocycles. The number of carbonyl (C=O) groups is 1. The Morgan fingerprint density at radius 1 is 1.53 bits per heavy atom. The molecule has 88 valence electrons. The van der Waals surface area contributed by atoms with Gasteiger partial charge in [0.1, 0.15) is 0 Å². The van der Waals surface area contributed by atoms with Crippen molar-refractivity contribution in [3.63, 3.8) is 0 Å². The molecule has 1 fully saturated rings. The highest BCUT2D eigenvalue weighted by Crippen LogP contribution is 2.24. The van der Waals surface area contributed by atoms with E-state index < -0.39 is 0 Å². The minimum atomic E-state index is -0.200. The van der Waals surface area contributed by atoms with E-state index >= 15 is 0 Å². The van der Waals surface area contributed by atoms with E-state index in [1.807, 2.05) is 0 Å². The van der Waals surface area contributed by atoms with Gasteiger partial charge in [-0.15, -0.1) is 0 Å². The first-order valence-corrected chi connectivity index (χ1v) is 6.08. The Hall–Kier alpha value is -0.570. The molecule has 3 unspecified atom stereocenters. The van der Waals surface area contributed by atoms with Crippen molar-refractivity contribution >= 4 is 5.91 Å². The van der Waals surface area contributed by atoms with Crippen LogP contribution in [-0.4, -0.2) is 23.7 Å². The SMILES string of the molecule is CCC(C)CC(=O)NCC1CCCC1O. The summed E-state index contributed by atoms with van der Waals surface area (Å²) in [5.41, 5.74) is 0. The second kappa shape index (κ2) is 6.11. The summed E-state index contributed by atoms with van der Waals surface area (Å²) in [6.45, 7) is 4.83. The largest absolute Gasteiger partial charge is 0.393 e. The third-order valence-corrected chi connectivity index (χ3v) is 3.41. The molecule has 3 heteroatoms. The molecule has 0 aromatic rings. The number of aliphatic hydroxyl groups is 1. The minimum Gasteiger partial charge on any atom is -0.393 e. The lowest BCUT2D eigenvalue weighted by Crippen LogP contribution is -2.33. The molecule has 0 bridgehead atoms. The van der Waals surface area contributed by atoms with Gasteiger partial charge in [-0.25, -0.2) is 0 Å². The van der Waals surface area contributed by atoms with Gasteiger partial charge in [-0.3, -0.25) is 4.79 Å². The van der Waals surface area contributed by atoms with Gasteiger partial charge in [0.05, 0.1) is 6.10 Å². The molecule has 1 aliphatic rings. The molecule has 1 saturated carbocycles. The van der Waals surface area contributed by atoms with Crippen molar-refractivity contribution in [2.45, 2.75) is 52.1 Å². The molecule has 0 aromatic heterocycles. The van der Waals surface area contributed by atoms with Crippen LogP contribution in [0.3, 0.4) is 0 Å². The Kier molecular flexibility index (Phi) is 5.09. The molecule has 15 heavy (non-hydrogen) atoms. The normalized spacial score (nSPS) is 27.7. The summed E-state index contributed by atoms with van der Waals surface area (Å²) in [6, 6.07) is 0. The van der Waals surface area contributed by atoms with Gasteiger partial charge in [0.15, 0.2) is 0 Å². The number of nitrogens with one attached hydrogen (secondary N) is 1. The molecule has 0 radical (unpaired) electrons. The fourth-order valence-electron chi connectivity index (χ4n) is 2.03. The second-order valence-corrected chi connectivity index (χ2v) is 4.78. The smallest absolute Gasteiger partial charge is 0.220 e. The zero-order valence-electron chi connectivity index (χ0n) is 9.83. The zero-order valence-corrected chi connectivity index (χ0v) is 9.83. The fraction of sp³-hybridized carbons (Fsp3) is 0.917. The van der Waals surface area contributed by atoms with E-state index in [9.17, 15) is 9.90 Å². The Balaban J connectivity index is 2.16. The van der Waals surface area contributed by atoms with Gasteiger partial charge in [0.2, 0.25) is 5.91 Å². The van der Waals surface area contributed by atoms with E-state index in [-0.39, 0.29) is 17.9 Å². The summed E-state index contributed by atoms with van der Waals surface area (Å²) >= 11 is 0. The summed E-state index contributed by atoms with van der Waals surface area (Å²) in [4.78, 5) is 11.5. The highest BCUT2D eigenvalue weighted by atomic mass is 16.3. The number of carbonyl (C=O) groups excluding carboxylic acids is 1. The Labute approximate surface area is 92.3 Å². The van der Waals surface area contributed by atoms with Gasteiger partial charge < -0.3 is 10.4 Å². The molecule has 1 aliphatic carbocycles. The van der Waals surface area contributed by atoms with Crippen molar-refractivity contribution in [3.05, 3.63) is 0 Å². The van der Waals surface area contributed by atoms with E-state index in [1.54, 1.807) is 0 Å². The second-order valence-electron chi connectivity index (χ2n) is 4.78. The molecule has 1 rings (SSSR count). The lowest BCUT2D eigenvalue weighted by atomic mass is 10.0. The third kappa shape index (κ3) is 4.20. The van der Waals surface area contributed by atoms with Crippen molar-refractivity contribution in [2.75, 3.05) is 6.54 Å². The summed E-state index contributed by atoms with van der Waals surface area (Å²) < 4.78 is 0. The van der Waals surface area contributed by atoms with Crippen LogP contribution in [0.1, 0.15) is 46.0 Å². The van der Waals surface area contributed by atoms with Crippen LogP contribution in [0.25, 0.3) is 0 Å². The van der Waals surface area contributed by atoms with Gasteiger partial charge in [-0.2, -0.15) is 0 Å². The first-order chi connectivity index (χ1) is 7.13. The molecule has 1 amide bonds. The number of aliphatic hydroxyl groups excluding tert-OH is 1. The summed E-state index contributed by atoms with van der Waals surface area (Å²) in [5, 5.41) is 12.5. The third-order valence-electron chi connectivity index (χ3n) is 3.41. The van der Waals surface area contributed by atoms with E-state index in [0.717, 1.165) is 25.7 Å². The first-order valence-electron chi connectivity index (χ1n) is 6.08. The maximum atomic E-state index is 11.5. The Bertz CT molecular complexity index is 206. The lowest BCUT2D eigenvalue weighted by Gasteiger charge is -2.16. The van der Waals surface area contributed by atoms with Crippen molar-refractivity contribution in [3.8, 4) is 0 Å². The first kappa shape index (κ1) is 12.5. The number of hydrogen-bond acceptors (Lipinski definition) is 2. The molecular formula is C12H23NO2. The predicted octanol–water partition coefficient (Wildman–Crippen LogP) is 1.70. The van der Waals surface area contributed by atoms with Crippen LogP contribution < -0.4 is 5.32 Å². The van der Waals surface area contributed by atoms with Crippen molar-refractivity contribution in [1.82, 2.24) is 5.32 Å². The minimum absolute atomic E-state index is 0.128. The van der Waals surface area contributed by atoms with Crippen LogP contribution >= 0.6 is 0 Å². The Morgan fingerprint density at radius 2 is 2.27 bits per heavy atom. The average molecular weight is 213 g/mol. The monoisotopic (exact) mass is 213 g/mol. The van der Waals surface area contributed by atoms with Crippen LogP contribution in [-0.2, 0) is 4.79 Å².